The van der Waals surface area contributed by atoms with E-state index in [1.165, 1.54) is 38.2 Å². The van der Waals surface area contributed by atoms with Crippen molar-refractivity contribution in [1.82, 2.24) is 0 Å². The Morgan fingerprint density at radius 2 is 1.56 bits per heavy atom. The van der Waals surface area contributed by atoms with E-state index in [4.69, 9.17) is 0 Å². The molecule has 0 aliphatic rings. The van der Waals surface area contributed by atoms with Crippen LogP contribution in [0.3, 0.4) is 0 Å². The van der Waals surface area contributed by atoms with Gasteiger partial charge in [-0.3, -0.25) is 0 Å². The number of phenolic OH excluding ortho intramolecular Hbond substituents is 2. The maximum Gasteiger partial charge on any atom is 0.119 e. The summed E-state index contributed by atoms with van der Waals surface area (Å²) in [6.07, 6.45) is 6.36. The summed E-state index contributed by atoms with van der Waals surface area (Å²) in [5, 5.41) is 19.0. The van der Waals surface area contributed by atoms with Crippen molar-refractivity contribution in [3.63, 3.8) is 0 Å². The molecule has 2 unspecified atom stereocenters. The molecule has 0 fully saturated rings. The summed E-state index contributed by atoms with van der Waals surface area (Å²) >= 11 is 0. The van der Waals surface area contributed by atoms with E-state index in [9.17, 15) is 10.2 Å². The zero-order valence-electron chi connectivity index (χ0n) is 11.8. The summed E-state index contributed by atoms with van der Waals surface area (Å²) in [6, 6.07) is 4.89. The highest BCUT2D eigenvalue weighted by Gasteiger charge is 2.15. The van der Waals surface area contributed by atoms with E-state index in [1.807, 2.05) is 0 Å². The summed E-state index contributed by atoms with van der Waals surface area (Å²) < 4.78 is 0. The summed E-state index contributed by atoms with van der Waals surface area (Å²) in [5.41, 5.74) is 1.02. The van der Waals surface area contributed by atoms with Crippen LogP contribution in [0.2, 0.25) is 0 Å². The maximum atomic E-state index is 9.51. The second-order valence-corrected chi connectivity index (χ2v) is 5.40. The fourth-order valence-corrected chi connectivity index (χ4v) is 2.35. The van der Waals surface area contributed by atoms with Gasteiger partial charge in [0.2, 0.25) is 0 Å². The molecule has 2 atom stereocenters. The Hall–Kier alpha value is -1.18. The van der Waals surface area contributed by atoms with Crippen LogP contribution in [-0.2, 0) is 0 Å². The van der Waals surface area contributed by atoms with Crippen molar-refractivity contribution in [1.29, 1.82) is 0 Å². The lowest BCUT2D eigenvalue weighted by atomic mass is 9.85. The van der Waals surface area contributed by atoms with Crippen LogP contribution in [0.4, 0.5) is 0 Å². The third-order valence-corrected chi connectivity index (χ3v) is 3.82. The number of rotatable bonds is 7. The van der Waals surface area contributed by atoms with Gasteiger partial charge in [0, 0.05) is 6.07 Å². The highest BCUT2D eigenvalue weighted by molar-refractivity contribution is 5.38. The average molecular weight is 250 g/mol. The predicted molar refractivity (Wildman–Crippen MR) is 76.1 cm³/mol. The quantitative estimate of drug-likeness (QED) is 0.682. The van der Waals surface area contributed by atoms with Gasteiger partial charge in [0.25, 0.3) is 0 Å². The van der Waals surface area contributed by atoms with Crippen LogP contribution in [0.25, 0.3) is 0 Å². The van der Waals surface area contributed by atoms with Gasteiger partial charge < -0.3 is 10.2 Å². The van der Waals surface area contributed by atoms with Gasteiger partial charge in [-0.25, -0.2) is 0 Å². The first-order chi connectivity index (χ1) is 8.54. The normalized spacial score (nSPS) is 14.4. The lowest BCUT2D eigenvalue weighted by Gasteiger charge is -2.20. The van der Waals surface area contributed by atoms with Gasteiger partial charge in [0.15, 0.2) is 0 Å². The molecule has 0 saturated carbocycles. The molecule has 2 heteroatoms. The van der Waals surface area contributed by atoms with Crippen molar-refractivity contribution in [3.05, 3.63) is 23.8 Å². The van der Waals surface area contributed by atoms with E-state index in [-0.39, 0.29) is 11.5 Å². The Morgan fingerprint density at radius 3 is 2.11 bits per heavy atom. The first-order valence-electron chi connectivity index (χ1n) is 7.07. The number of aromatic hydroxyl groups is 2. The number of hydrogen-bond acceptors (Lipinski definition) is 2. The van der Waals surface area contributed by atoms with Gasteiger partial charge >= 0.3 is 0 Å². The Kier molecular flexibility index (Phi) is 6.03. The first kappa shape index (κ1) is 14.9. The molecule has 102 valence electrons. The Labute approximate surface area is 111 Å². The maximum absolute atomic E-state index is 9.51. The summed E-state index contributed by atoms with van der Waals surface area (Å²) in [7, 11) is 0. The summed E-state index contributed by atoms with van der Waals surface area (Å²) in [5.74, 6) is 1.23. The van der Waals surface area contributed by atoms with Crippen molar-refractivity contribution >= 4 is 0 Å². The Balaban J connectivity index is 2.54. The van der Waals surface area contributed by atoms with Gasteiger partial charge in [-0.1, -0.05) is 52.9 Å². The number of unbranched alkanes of at least 4 members (excludes halogenated alkanes) is 3. The molecule has 1 rings (SSSR count). The van der Waals surface area contributed by atoms with Gasteiger partial charge in [0.05, 0.1) is 0 Å². The third-order valence-electron chi connectivity index (χ3n) is 3.82. The molecule has 0 aliphatic heterocycles. The molecule has 18 heavy (non-hydrogen) atoms. The standard InChI is InChI=1S/C16H26O2/c1-4-5-6-7-8-12(2)13(3)14-9-15(17)11-16(18)10-14/h9-13,17-18H,4-8H2,1-3H3. The Bertz CT molecular complexity index is 340. The van der Waals surface area contributed by atoms with Gasteiger partial charge in [-0.05, 0) is 29.5 Å². The van der Waals surface area contributed by atoms with E-state index < -0.39 is 0 Å². The highest BCUT2D eigenvalue weighted by Crippen LogP contribution is 2.32. The molecule has 0 spiro atoms. The van der Waals surface area contributed by atoms with Crippen molar-refractivity contribution in [2.45, 2.75) is 58.8 Å². The summed E-state index contributed by atoms with van der Waals surface area (Å²) in [4.78, 5) is 0. The first-order valence-corrected chi connectivity index (χ1v) is 7.07. The van der Waals surface area contributed by atoms with Crippen LogP contribution in [0.1, 0.15) is 64.4 Å². The molecule has 0 aliphatic carbocycles. The number of benzene rings is 1. The van der Waals surface area contributed by atoms with E-state index >= 15 is 0 Å². The molecule has 2 nitrogen and oxygen atoms in total. The predicted octanol–water partition coefficient (Wildman–Crippen LogP) is 4.81. The molecule has 0 bridgehead atoms. The third kappa shape index (κ3) is 4.59. The molecule has 0 heterocycles. The van der Waals surface area contributed by atoms with Crippen molar-refractivity contribution < 1.29 is 10.2 Å². The second-order valence-electron chi connectivity index (χ2n) is 5.40. The van der Waals surface area contributed by atoms with Gasteiger partial charge in [-0.2, -0.15) is 0 Å². The molecule has 0 aromatic heterocycles. The molecule has 1 aromatic rings. The van der Waals surface area contributed by atoms with Crippen LogP contribution in [0.15, 0.2) is 18.2 Å². The van der Waals surface area contributed by atoms with E-state index in [0.29, 0.717) is 11.8 Å². The van der Waals surface area contributed by atoms with E-state index in [0.717, 1.165) is 5.56 Å². The van der Waals surface area contributed by atoms with Crippen molar-refractivity contribution in [2.24, 2.45) is 5.92 Å². The minimum absolute atomic E-state index is 0.148. The minimum atomic E-state index is 0.148. The minimum Gasteiger partial charge on any atom is -0.508 e. The lowest BCUT2D eigenvalue weighted by Crippen LogP contribution is -2.06. The van der Waals surface area contributed by atoms with Crippen LogP contribution in [0.5, 0.6) is 11.5 Å². The van der Waals surface area contributed by atoms with Gasteiger partial charge in [0.1, 0.15) is 11.5 Å². The SMILES string of the molecule is CCCCCCC(C)C(C)c1cc(O)cc(O)c1. The molecule has 1 aromatic carbocycles. The lowest BCUT2D eigenvalue weighted by molar-refractivity contribution is 0.418. The number of phenols is 2. The van der Waals surface area contributed by atoms with Crippen molar-refractivity contribution in [2.75, 3.05) is 0 Å². The van der Waals surface area contributed by atoms with Crippen LogP contribution in [0, 0.1) is 5.92 Å². The second kappa shape index (κ2) is 7.30. The molecular weight excluding hydrogens is 224 g/mol. The highest BCUT2D eigenvalue weighted by atomic mass is 16.3. The molecule has 0 saturated heterocycles. The van der Waals surface area contributed by atoms with Crippen LogP contribution >= 0.6 is 0 Å². The van der Waals surface area contributed by atoms with E-state index in [2.05, 4.69) is 20.8 Å². The average Bonchev–Trinajstić information content (AvgIpc) is 2.32. The van der Waals surface area contributed by atoms with Crippen molar-refractivity contribution in [3.8, 4) is 11.5 Å². The Morgan fingerprint density at radius 1 is 0.944 bits per heavy atom. The van der Waals surface area contributed by atoms with Gasteiger partial charge in [-0.15, -0.1) is 0 Å². The summed E-state index contributed by atoms with van der Waals surface area (Å²) in [6.45, 7) is 6.64. The topological polar surface area (TPSA) is 40.5 Å². The van der Waals surface area contributed by atoms with Crippen LogP contribution < -0.4 is 0 Å². The molecule has 0 radical (unpaired) electrons. The zero-order chi connectivity index (χ0) is 13.5. The molecule has 0 amide bonds. The number of hydrogen-bond donors (Lipinski definition) is 2. The molecule has 2 N–H and O–H groups in total. The van der Waals surface area contributed by atoms with Crippen LogP contribution in [-0.4, -0.2) is 10.2 Å². The fraction of sp³-hybridized carbons (Fsp3) is 0.625. The molecular formula is C16H26O2. The fourth-order valence-electron chi connectivity index (χ4n) is 2.35. The smallest absolute Gasteiger partial charge is 0.119 e. The zero-order valence-corrected chi connectivity index (χ0v) is 11.8. The largest absolute Gasteiger partial charge is 0.508 e. The van der Waals surface area contributed by atoms with E-state index in [1.54, 1.807) is 12.1 Å². The monoisotopic (exact) mass is 250 g/mol.